The van der Waals surface area contributed by atoms with Crippen LogP contribution in [0.4, 0.5) is 5.69 Å². The molecule has 0 atom stereocenters. The van der Waals surface area contributed by atoms with Gasteiger partial charge in [-0.1, -0.05) is 6.92 Å². The van der Waals surface area contributed by atoms with Gasteiger partial charge in [-0.25, -0.2) is 4.98 Å². The maximum atomic E-state index is 12.1. The van der Waals surface area contributed by atoms with Crippen molar-refractivity contribution in [1.29, 1.82) is 0 Å². The first-order valence-corrected chi connectivity index (χ1v) is 6.40. The molecule has 0 bridgehead atoms. The van der Waals surface area contributed by atoms with E-state index in [-0.39, 0.29) is 5.91 Å². The Morgan fingerprint density at radius 3 is 3.00 bits per heavy atom. The van der Waals surface area contributed by atoms with Crippen LogP contribution in [0.5, 0.6) is 0 Å². The zero-order valence-corrected chi connectivity index (χ0v) is 11.0. The van der Waals surface area contributed by atoms with E-state index in [1.165, 1.54) is 0 Å². The molecule has 0 aromatic carbocycles. The third-order valence-electron chi connectivity index (χ3n) is 2.83. The molecule has 0 unspecified atom stereocenters. The largest absolute Gasteiger partial charge is 0.397 e. The van der Waals surface area contributed by atoms with Gasteiger partial charge in [0.15, 0.2) is 0 Å². The highest BCUT2D eigenvalue weighted by Crippen LogP contribution is 2.11. The Labute approximate surface area is 112 Å². The summed E-state index contributed by atoms with van der Waals surface area (Å²) in [5, 5.41) is 2.89. The van der Waals surface area contributed by atoms with Crippen molar-refractivity contribution in [2.24, 2.45) is 0 Å². The summed E-state index contributed by atoms with van der Waals surface area (Å²) in [4.78, 5) is 16.0. The Balaban J connectivity index is 1.92. The van der Waals surface area contributed by atoms with Crippen molar-refractivity contribution in [3.63, 3.8) is 0 Å². The van der Waals surface area contributed by atoms with Gasteiger partial charge >= 0.3 is 0 Å². The van der Waals surface area contributed by atoms with Gasteiger partial charge in [-0.15, -0.1) is 0 Å². The molecule has 0 fully saturated rings. The number of nitrogen functional groups attached to an aromatic ring is 1. The molecule has 3 N–H and O–H groups in total. The molecule has 6 heteroatoms. The van der Waals surface area contributed by atoms with Gasteiger partial charge in [-0.05, 0) is 12.5 Å². The number of aryl methyl sites for hydroxylation is 1. The van der Waals surface area contributed by atoms with Gasteiger partial charge in [0.1, 0.15) is 5.69 Å². The average molecular weight is 261 g/mol. The summed E-state index contributed by atoms with van der Waals surface area (Å²) in [5.41, 5.74) is 6.97. The fourth-order valence-electron chi connectivity index (χ4n) is 1.96. The number of anilines is 1. The highest BCUT2D eigenvalue weighted by Gasteiger charge is 2.11. The number of carbonyl (C=O) groups excluding carboxylic acids is 1. The molecular formula is C13H19N5O. The van der Waals surface area contributed by atoms with Gasteiger partial charge < -0.3 is 20.2 Å². The normalized spacial score (nSPS) is 10.6. The second kappa shape index (κ2) is 6.08. The molecule has 2 heterocycles. The number of hydrogen-bond donors (Lipinski definition) is 2. The first-order chi connectivity index (χ1) is 9.20. The number of imidazole rings is 1. The van der Waals surface area contributed by atoms with Gasteiger partial charge in [-0.3, -0.25) is 4.79 Å². The molecule has 0 saturated carbocycles. The number of nitrogens with two attached hydrogens (primary N) is 1. The maximum Gasteiger partial charge on any atom is 0.268 e. The molecule has 0 saturated heterocycles. The monoisotopic (exact) mass is 261 g/mol. The lowest BCUT2D eigenvalue weighted by atomic mass is 10.3. The van der Waals surface area contributed by atoms with Crippen LogP contribution in [0.15, 0.2) is 31.0 Å². The minimum absolute atomic E-state index is 0.0923. The van der Waals surface area contributed by atoms with E-state index in [1.807, 2.05) is 15.3 Å². The van der Waals surface area contributed by atoms with Crippen molar-refractivity contribution >= 4 is 11.6 Å². The SMILES string of the molecule is CCCn1cc(N)cc1C(=O)NCCn1ccnc1. The maximum absolute atomic E-state index is 12.1. The van der Waals surface area contributed by atoms with Crippen LogP contribution in [0.1, 0.15) is 23.8 Å². The molecule has 2 aromatic heterocycles. The summed E-state index contributed by atoms with van der Waals surface area (Å²) < 4.78 is 3.81. The summed E-state index contributed by atoms with van der Waals surface area (Å²) in [7, 11) is 0. The van der Waals surface area contributed by atoms with Crippen LogP contribution in [-0.4, -0.2) is 26.6 Å². The number of rotatable bonds is 6. The van der Waals surface area contributed by atoms with Crippen molar-refractivity contribution in [1.82, 2.24) is 19.4 Å². The predicted molar refractivity (Wildman–Crippen MR) is 73.7 cm³/mol. The summed E-state index contributed by atoms with van der Waals surface area (Å²) in [6.07, 6.45) is 8.07. The molecule has 102 valence electrons. The lowest BCUT2D eigenvalue weighted by molar-refractivity contribution is 0.0943. The number of nitrogens with zero attached hydrogens (tertiary/aromatic N) is 3. The van der Waals surface area contributed by atoms with Crippen molar-refractivity contribution in [3.8, 4) is 0 Å². The zero-order chi connectivity index (χ0) is 13.7. The second-order valence-electron chi connectivity index (χ2n) is 4.41. The summed E-state index contributed by atoms with van der Waals surface area (Å²) >= 11 is 0. The topological polar surface area (TPSA) is 77.9 Å². The average Bonchev–Trinajstić information content (AvgIpc) is 2.99. The predicted octanol–water partition coefficient (Wildman–Crippen LogP) is 1.11. The van der Waals surface area contributed by atoms with E-state index >= 15 is 0 Å². The Hall–Kier alpha value is -2.24. The van der Waals surface area contributed by atoms with Crippen LogP contribution in [0.3, 0.4) is 0 Å². The minimum atomic E-state index is -0.0923. The standard InChI is InChI=1S/C13H19N5O/c1-2-5-18-9-11(14)8-12(18)13(19)16-4-7-17-6-3-15-10-17/h3,6,8-10H,2,4-5,7,14H2,1H3,(H,16,19). The molecule has 6 nitrogen and oxygen atoms in total. The van der Waals surface area contributed by atoms with Gasteiger partial charge in [0.05, 0.1) is 12.0 Å². The molecule has 0 aliphatic rings. The fourth-order valence-corrected chi connectivity index (χ4v) is 1.96. The quantitative estimate of drug-likeness (QED) is 0.817. The number of hydrogen-bond acceptors (Lipinski definition) is 3. The molecule has 0 aliphatic heterocycles. The lowest BCUT2D eigenvalue weighted by Gasteiger charge is -2.08. The highest BCUT2D eigenvalue weighted by atomic mass is 16.1. The molecule has 2 aromatic rings. The van der Waals surface area contributed by atoms with Crippen LogP contribution < -0.4 is 11.1 Å². The van der Waals surface area contributed by atoms with Crippen LogP contribution in [0.2, 0.25) is 0 Å². The third-order valence-corrected chi connectivity index (χ3v) is 2.83. The Morgan fingerprint density at radius 1 is 1.47 bits per heavy atom. The molecule has 0 radical (unpaired) electrons. The van der Waals surface area contributed by atoms with Crippen LogP contribution in [-0.2, 0) is 13.1 Å². The highest BCUT2D eigenvalue weighted by molar-refractivity contribution is 5.93. The molecule has 0 spiro atoms. The number of amides is 1. The number of aromatic nitrogens is 3. The van der Waals surface area contributed by atoms with E-state index < -0.39 is 0 Å². The van der Waals surface area contributed by atoms with Gasteiger partial charge in [-0.2, -0.15) is 0 Å². The van der Waals surface area contributed by atoms with E-state index in [2.05, 4.69) is 17.2 Å². The number of carbonyl (C=O) groups is 1. The molecule has 2 rings (SSSR count). The van der Waals surface area contributed by atoms with Crippen LogP contribution in [0, 0.1) is 0 Å². The van der Waals surface area contributed by atoms with Gasteiger partial charge in [0.25, 0.3) is 5.91 Å². The summed E-state index contributed by atoms with van der Waals surface area (Å²) in [6, 6.07) is 1.71. The summed E-state index contributed by atoms with van der Waals surface area (Å²) in [6.45, 7) is 4.13. The van der Waals surface area contributed by atoms with E-state index in [1.54, 1.807) is 24.8 Å². The van der Waals surface area contributed by atoms with Crippen LogP contribution >= 0.6 is 0 Å². The Bertz CT molecular complexity index is 529. The van der Waals surface area contributed by atoms with Gasteiger partial charge in [0, 0.05) is 38.2 Å². The van der Waals surface area contributed by atoms with Crippen LogP contribution in [0.25, 0.3) is 0 Å². The lowest BCUT2D eigenvalue weighted by Crippen LogP contribution is -2.28. The van der Waals surface area contributed by atoms with Crippen molar-refractivity contribution in [3.05, 3.63) is 36.7 Å². The Kier molecular flexibility index (Phi) is 4.22. The molecular weight excluding hydrogens is 242 g/mol. The van der Waals surface area contributed by atoms with E-state index in [9.17, 15) is 4.79 Å². The molecule has 1 amide bonds. The van der Waals surface area contributed by atoms with Gasteiger partial charge in [0.2, 0.25) is 0 Å². The first-order valence-electron chi connectivity index (χ1n) is 6.40. The van der Waals surface area contributed by atoms with E-state index in [4.69, 9.17) is 5.73 Å². The molecule has 0 aliphatic carbocycles. The van der Waals surface area contributed by atoms with Crippen molar-refractivity contribution < 1.29 is 4.79 Å². The zero-order valence-electron chi connectivity index (χ0n) is 11.0. The Morgan fingerprint density at radius 2 is 2.32 bits per heavy atom. The fraction of sp³-hybridized carbons (Fsp3) is 0.385. The van der Waals surface area contributed by atoms with E-state index in [0.717, 1.165) is 13.0 Å². The smallest absolute Gasteiger partial charge is 0.268 e. The van der Waals surface area contributed by atoms with Crippen molar-refractivity contribution in [2.45, 2.75) is 26.4 Å². The first kappa shape index (κ1) is 13.2. The summed E-state index contributed by atoms with van der Waals surface area (Å²) in [5.74, 6) is -0.0923. The van der Waals surface area contributed by atoms with Crippen molar-refractivity contribution in [2.75, 3.05) is 12.3 Å². The second-order valence-corrected chi connectivity index (χ2v) is 4.41. The van der Waals surface area contributed by atoms with E-state index in [0.29, 0.717) is 24.5 Å². The third kappa shape index (κ3) is 3.37. The molecule has 19 heavy (non-hydrogen) atoms. The minimum Gasteiger partial charge on any atom is -0.397 e. The number of nitrogens with one attached hydrogen (secondary N) is 1.